The molecule has 0 aliphatic rings. The van der Waals surface area contributed by atoms with Crippen LogP contribution in [0.1, 0.15) is 25.5 Å². The molecule has 26 heavy (non-hydrogen) atoms. The summed E-state index contributed by atoms with van der Waals surface area (Å²) < 4.78 is 8.40. The smallest absolute Gasteiger partial charge is 0.120 e. The van der Waals surface area contributed by atoms with Crippen molar-refractivity contribution in [2.45, 2.75) is 26.5 Å². The van der Waals surface area contributed by atoms with Crippen molar-refractivity contribution in [1.29, 1.82) is 0 Å². The molecule has 0 saturated heterocycles. The van der Waals surface area contributed by atoms with Crippen molar-refractivity contribution in [2.24, 2.45) is 0 Å². The van der Waals surface area contributed by atoms with E-state index in [4.69, 9.17) is 4.74 Å². The van der Waals surface area contributed by atoms with Gasteiger partial charge >= 0.3 is 0 Å². The lowest BCUT2D eigenvalue weighted by atomic mass is 10.1. The van der Waals surface area contributed by atoms with Crippen LogP contribution in [0.2, 0.25) is 0 Å². The van der Waals surface area contributed by atoms with Crippen LogP contribution in [0.15, 0.2) is 84.9 Å². The van der Waals surface area contributed by atoms with Gasteiger partial charge < -0.3 is 9.30 Å². The van der Waals surface area contributed by atoms with Crippen LogP contribution in [0.25, 0.3) is 22.2 Å². The van der Waals surface area contributed by atoms with Crippen LogP contribution in [-0.4, -0.2) is 4.57 Å². The van der Waals surface area contributed by atoms with Gasteiger partial charge in [0.05, 0.1) is 0 Å². The molecule has 0 fully saturated rings. The minimum atomic E-state index is 0.388. The van der Waals surface area contributed by atoms with Gasteiger partial charge in [-0.1, -0.05) is 60.7 Å². The molecule has 0 amide bonds. The van der Waals surface area contributed by atoms with Crippen molar-refractivity contribution in [2.75, 3.05) is 0 Å². The van der Waals surface area contributed by atoms with Gasteiger partial charge in [0.1, 0.15) is 12.4 Å². The number of aromatic nitrogens is 1. The van der Waals surface area contributed by atoms with Gasteiger partial charge in [-0.25, -0.2) is 0 Å². The van der Waals surface area contributed by atoms with E-state index in [1.54, 1.807) is 0 Å². The molecule has 1 aromatic heterocycles. The normalized spacial score (nSPS) is 11.2. The maximum absolute atomic E-state index is 6.01. The molecule has 0 atom stereocenters. The highest BCUT2D eigenvalue weighted by Gasteiger charge is 2.13. The third kappa shape index (κ3) is 3.23. The quantitative estimate of drug-likeness (QED) is 0.406. The molecule has 3 aromatic carbocycles. The van der Waals surface area contributed by atoms with E-state index >= 15 is 0 Å². The number of ether oxygens (including phenoxy) is 1. The third-order valence-electron chi connectivity index (χ3n) is 4.64. The fourth-order valence-electron chi connectivity index (χ4n) is 3.43. The van der Waals surface area contributed by atoms with Crippen LogP contribution in [0, 0.1) is 0 Å². The topological polar surface area (TPSA) is 14.2 Å². The molecule has 2 nitrogen and oxygen atoms in total. The Bertz CT molecular complexity index is 1000. The first kappa shape index (κ1) is 16.5. The van der Waals surface area contributed by atoms with Gasteiger partial charge in [0.25, 0.3) is 0 Å². The SMILES string of the molecule is CC(C)n1c(-c2ccccc2)cc2cc(OCc3ccccc3)ccc21. The minimum absolute atomic E-state index is 0.388. The highest BCUT2D eigenvalue weighted by atomic mass is 16.5. The fourth-order valence-corrected chi connectivity index (χ4v) is 3.43. The van der Waals surface area contributed by atoms with E-state index in [1.807, 2.05) is 18.2 Å². The summed E-state index contributed by atoms with van der Waals surface area (Å²) >= 11 is 0. The van der Waals surface area contributed by atoms with E-state index in [2.05, 4.69) is 85.1 Å². The highest BCUT2D eigenvalue weighted by molar-refractivity contribution is 5.88. The molecule has 0 N–H and O–H groups in total. The number of hydrogen-bond acceptors (Lipinski definition) is 1. The average molecular weight is 341 g/mol. The lowest BCUT2D eigenvalue weighted by Gasteiger charge is -2.15. The maximum Gasteiger partial charge on any atom is 0.120 e. The second-order valence-electron chi connectivity index (χ2n) is 6.85. The molecule has 2 heteroatoms. The molecule has 0 unspecified atom stereocenters. The van der Waals surface area contributed by atoms with Gasteiger partial charge in [0.2, 0.25) is 0 Å². The van der Waals surface area contributed by atoms with Crippen molar-refractivity contribution in [3.63, 3.8) is 0 Å². The average Bonchev–Trinajstić information content (AvgIpc) is 3.07. The van der Waals surface area contributed by atoms with E-state index in [-0.39, 0.29) is 0 Å². The summed E-state index contributed by atoms with van der Waals surface area (Å²) in [6.07, 6.45) is 0. The van der Waals surface area contributed by atoms with Gasteiger partial charge in [-0.15, -0.1) is 0 Å². The van der Waals surface area contributed by atoms with E-state index in [9.17, 15) is 0 Å². The van der Waals surface area contributed by atoms with Crippen LogP contribution < -0.4 is 4.74 Å². The molecule has 0 bridgehead atoms. The Kier molecular flexibility index (Phi) is 4.49. The van der Waals surface area contributed by atoms with Crippen LogP contribution in [0.3, 0.4) is 0 Å². The molecular formula is C24H23NO. The monoisotopic (exact) mass is 341 g/mol. The third-order valence-corrected chi connectivity index (χ3v) is 4.64. The van der Waals surface area contributed by atoms with Gasteiger partial charge in [-0.3, -0.25) is 0 Å². The number of nitrogens with zero attached hydrogens (tertiary/aromatic N) is 1. The van der Waals surface area contributed by atoms with Crippen molar-refractivity contribution in [3.05, 3.63) is 90.5 Å². The highest BCUT2D eigenvalue weighted by Crippen LogP contribution is 2.33. The first-order valence-corrected chi connectivity index (χ1v) is 9.09. The molecule has 0 radical (unpaired) electrons. The molecular weight excluding hydrogens is 318 g/mol. The fraction of sp³-hybridized carbons (Fsp3) is 0.167. The maximum atomic E-state index is 6.01. The zero-order valence-electron chi connectivity index (χ0n) is 15.2. The molecule has 4 rings (SSSR count). The molecule has 0 aliphatic carbocycles. The summed E-state index contributed by atoms with van der Waals surface area (Å²) in [6, 6.07) is 29.9. The number of benzene rings is 3. The number of fused-ring (bicyclic) bond motifs is 1. The van der Waals surface area contributed by atoms with Crippen LogP contribution in [0.4, 0.5) is 0 Å². The van der Waals surface area contributed by atoms with Crippen LogP contribution in [0.5, 0.6) is 5.75 Å². The second-order valence-corrected chi connectivity index (χ2v) is 6.85. The van der Waals surface area contributed by atoms with Crippen molar-refractivity contribution in [3.8, 4) is 17.0 Å². The molecule has 130 valence electrons. The van der Waals surface area contributed by atoms with Gasteiger partial charge in [0, 0.05) is 22.6 Å². The lowest BCUT2D eigenvalue weighted by Crippen LogP contribution is -2.02. The largest absolute Gasteiger partial charge is 0.489 e. The zero-order chi connectivity index (χ0) is 17.9. The summed E-state index contributed by atoms with van der Waals surface area (Å²) in [5.41, 5.74) is 4.91. The summed E-state index contributed by atoms with van der Waals surface area (Å²) in [5, 5.41) is 1.21. The Morgan fingerprint density at radius 2 is 1.50 bits per heavy atom. The number of rotatable bonds is 5. The predicted molar refractivity (Wildman–Crippen MR) is 109 cm³/mol. The molecule has 0 spiro atoms. The summed E-state index contributed by atoms with van der Waals surface area (Å²) in [5.74, 6) is 0.905. The van der Waals surface area contributed by atoms with E-state index in [0.29, 0.717) is 12.6 Å². The Hall–Kier alpha value is -3.00. The Morgan fingerprint density at radius 1 is 0.808 bits per heavy atom. The first-order valence-electron chi connectivity index (χ1n) is 9.09. The van der Waals surface area contributed by atoms with E-state index in [0.717, 1.165) is 5.75 Å². The van der Waals surface area contributed by atoms with E-state index < -0.39 is 0 Å². The first-order chi connectivity index (χ1) is 12.7. The molecule has 0 aliphatic heterocycles. The Balaban J connectivity index is 1.70. The van der Waals surface area contributed by atoms with Crippen molar-refractivity contribution >= 4 is 10.9 Å². The molecule has 0 saturated carbocycles. The standard InChI is InChI=1S/C24H23NO/c1-18(2)25-23-14-13-22(26-17-19-9-5-3-6-10-19)15-21(23)16-24(25)20-11-7-4-8-12-20/h3-16,18H,17H2,1-2H3. The van der Waals surface area contributed by atoms with Crippen molar-refractivity contribution in [1.82, 2.24) is 4.57 Å². The zero-order valence-corrected chi connectivity index (χ0v) is 15.2. The minimum Gasteiger partial charge on any atom is -0.489 e. The lowest BCUT2D eigenvalue weighted by molar-refractivity contribution is 0.306. The van der Waals surface area contributed by atoms with Gasteiger partial charge in [0.15, 0.2) is 0 Å². The number of hydrogen-bond donors (Lipinski definition) is 0. The van der Waals surface area contributed by atoms with E-state index in [1.165, 1.54) is 27.7 Å². The van der Waals surface area contributed by atoms with Crippen LogP contribution >= 0.6 is 0 Å². The Labute approximate surface area is 154 Å². The second kappa shape index (κ2) is 7.09. The van der Waals surface area contributed by atoms with Gasteiger partial charge in [-0.2, -0.15) is 0 Å². The summed E-state index contributed by atoms with van der Waals surface area (Å²) in [6.45, 7) is 5.04. The summed E-state index contributed by atoms with van der Waals surface area (Å²) in [7, 11) is 0. The van der Waals surface area contributed by atoms with Crippen LogP contribution in [-0.2, 0) is 6.61 Å². The molecule has 4 aromatic rings. The van der Waals surface area contributed by atoms with Gasteiger partial charge in [-0.05, 0) is 49.2 Å². The summed E-state index contributed by atoms with van der Waals surface area (Å²) in [4.78, 5) is 0. The molecule has 1 heterocycles. The Morgan fingerprint density at radius 3 is 2.19 bits per heavy atom. The predicted octanol–water partition coefficient (Wildman–Crippen LogP) is 6.47. The van der Waals surface area contributed by atoms with Crippen molar-refractivity contribution < 1.29 is 4.74 Å².